The predicted octanol–water partition coefficient (Wildman–Crippen LogP) is 3.28. The summed E-state index contributed by atoms with van der Waals surface area (Å²) in [5, 5.41) is 0.895. The smallest absolute Gasteiger partial charge is 0.360 e. The van der Waals surface area contributed by atoms with Gasteiger partial charge in [-0.25, -0.2) is 4.79 Å². The molecule has 0 radical (unpaired) electrons. The highest BCUT2D eigenvalue weighted by atomic mass is 16.5. The van der Waals surface area contributed by atoms with Gasteiger partial charge < -0.3 is 9.15 Å². The Morgan fingerprint density at radius 2 is 1.75 bits per heavy atom. The molecule has 20 heavy (non-hydrogen) atoms. The maximum absolute atomic E-state index is 12.2. The van der Waals surface area contributed by atoms with Crippen molar-refractivity contribution in [3.8, 4) is 5.75 Å². The average molecular weight is 265 g/mol. The molecule has 0 unspecified atom stereocenters. The van der Waals surface area contributed by atoms with Gasteiger partial charge in [-0.1, -0.05) is 30.3 Å². The molecule has 1 aromatic heterocycles. The van der Waals surface area contributed by atoms with E-state index in [4.69, 9.17) is 9.15 Å². The molecule has 98 valence electrons. The fourth-order valence-corrected chi connectivity index (χ4v) is 2.44. The highest BCUT2D eigenvalue weighted by Crippen LogP contribution is 2.37. The van der Waals surface area contributed by atoms with Gasteiger partial charge in [0.05, 0.1) is 5.69 Å². The molecule has 1 aliphatic rings. The second-order valence-electron chi connectivity index (χ2n) is 4.63. The van der Waals surface area contributed by atoms with E-state index >= 15 is 0 Å². The zero-order valence-electron chi connectivity index (χ0n) is 10.6. The minimum atomic E-state index is -0.357. The van der Waals surface area contributed by atoms with Crippen molar-refractivity contribution in [1.82, 2.24) is 0 Å². The summed E-state index contributed by atoms with van der Waals surface area (Å²) in [7, 11) is 0. The van der Waals surface area contributed by atoms with E-state index in [1.165, 1.54) is 0 Å². The van der Waals surface area contributed by atoms with Gasteiger partial charge in [0, 0.05) is 5.39 Å². The van der Waals surface area contributed by atoms with Crippen LogP contribution < -0.4 is 15.3 Å². The molecule has 0 fully saturated rings. The summed E-state index contributed by atoms with van der Waals surface area (Å²) >= 11 is 0. The van der Waals surface area contributed by atoms with Crippen molar-refractivity contribution in [3.05, 3.63) is 65.0 Å². The van der Waals surface area contributed by atoms with Gasteiger partial charge in [-0.05, 0) is 24.3 Å². The number of rotatable bonds is 1. The lowest BCUT2D eigenvalue weighted by Crippen LogP contribution is -2.21. The number of anilines is 2. The minimum absolute atomic E-state index is 0.322. The third-order valence-electron chi connectivity index (χ3n) is 3.42. The SMILES string of the molecule is O=c1oc2ccccc2cc1N1COc2ccccc21. The van der Waals surface area contributed by atoms with E-state index in [9.17, 15) is 4.79 Å². The van der Waals surface area contributed by atoms with Crippen LogP contribution in [-0.4, -0.2) is 6.73 Å². The van der Waals surface area contributed by atoms with Crippen LogP contribution in [0.4, 0.5) is 11.4 Å². The van der Waals surface area contributed by atoms with Crippen LogP contribution in [-0.2, 0) is 0 Å². The fraction of sp³-hybridized carbons (Fsp3) is 0.0625. The van der Waals surface area contributed by atoms with Crippen molar-refractivity contribution in [3.63, 3.8) is 0 Å². The van der Waals surface area contributed by atoms with Crippen molar-refractivity contribution in [2.75, 3.05) is 11.6 Å². The number of hydrogen-bond acceptors (Lipinski definition) is 4. The van der Waals surface area contributed by atoms with E-state index in [2.05, 4.69) is 0 Å². The van der Waals surface area contributed by atoms with Crippen LogP contribution >= 0.6 is 0 Å². The second kappa shape index (κ2) is 4.13. The molecule has 0 atom stereocenters. The number of para-hydroxylation sites is 3. The predicted molar refractivity (Wildman–Crippen MR) is 76.6 cm³/mol. The van der Waals surface area contributed by atoms with E-state index in [0.29, 0.717) is 18.0 Å². The fourth-order valence-electron chi connectivity index (χ4n) is 2.44. The highest BCUT2D eigenvalue weighted by Gasteiger charge is 2.24. The van der Waals surface area contributed by atoms with Gasteiger partial charge in [0.15, 0.2) is 6.73 Å². The van der Waals surface area contributed by atoms with Crippen molar-refractivity contribution in [2.45, 2.75) is 0 Å². The van der Waals surface area contributed by atoms with Gasteiger partial charge in [0.25, 0.3) is 0 Å². The van der Waals surface area contributed by atoms with Crippen LogP contribution in [0.3, 0.4) is 0 Å². The van der Waals surface area contributed by atoms with Crippen LogP contribution in [0.15, 0.2) is 63.8 Å². The Bertz CT molecular complexity index is 853. The lowest BCUT2D eigenvalue weighted by atomic mass is 10.2. The van der Waals surface area contributed by atoms with E-state index in [1.54, 1.807) is 6.07 Å². The van der Waals surface area contributed by atoms with Gasteiger partial charge in [-0.3, -0.25) is 4.90 Å². The molecule has 2 heterocycles. The normalized spacial score (nSPS) is 13.3. The maximum Gasteiger partial charge on any atom is 0.360 e. The minimum Gasteiger partial charge on any atom is -0.471 e. The van der Waals surface area contributed by atoms with Gasteiger partial charge in [0.1, 0.15) is 17.0 Å². The summed E-state index contributed by atoms with van der Waals surface area (Å²) in [4.78, 5) is 14.0. The van der Waals surface area contributed by atoms with Crippen LogP contribution in [0.1, 0.15) is 0 Å². The first-order valence-electron chi connectivity index (χ1n) is 6.35. The monoisotopic (exact) mass is 265 g/mol. The van der Waals surface area contributed by atoms with Crippen molar-refractivity contribution in [2.24, 2.45) is 0 Å². The van der Waals surface area contributed by atoms with E-state index < -0.39 is 0 Å². The first kappa shape index (κ1) is 11.1. The number of benzene rings is 2. The Hall–Kier alpha value is -2.75. The highest BCUT2D eigenvalue weighted by molar-refractivity contribution is 5.82. The van der Waals surface area contributed by atoms with Gasteiger partial charge >= 0.3 is 5.63 Å². The largest absolute Gasteiger partial charge is 0.471 e. The Morgan fingerprint density at radius 1 is 0.950 bits per heavy atom. The molecule has 0 bridgehead atoms. The quantitative estimate of drug-likeness (QED) is 0.633. The van der Waals surface area contributed by atoms with Crippen molar-refractivity contribution < 1.29 is 9.15 Å². The molecule has 2 aromatic carbocycles. The number of ether oxygens (including phenoxy) is 1. The average Bonchev–Trinajstić information content (AvgIpc) is 2.90. The summed E-state index contributed by atoms with van der Waals surface area (Å²) in [5.74, 6) is 0.778. The zero-order chi connectivity index (χ0) is 13.5. The first-order valence-corrected chi connectivity index (χ1v) is 6.35. The number of fused-ring (bicyclic) bond motifs is 2. The van der Waals surface area contributed by atoms with Gasteiger partial charge in [-0.15, -0.1) is 0 Å². The molecule has 4 nitrogen and oxygen atoms in total. The molecular weight excluding hydrogens is 254 g/mol. The molecule has 1 aliphatic heterocycles. The summed E-state index contributed by atoms with van der Waals surface area (Å²) in [6.45, 7) is 0.322. The summed E-state index contributed by atoms with van der Waals surface area (Å²) in [5.41, 5.74) is 1.61. The summed E-state index contributed by atoms with van der Waals surface area (Å²) in [6, 6.07) is 17.0. The van der Waals surface area contributed by atoms with Crippen LogP contribution in [0, 0.1) is 0 Å². The third-order valence-corrected chi connectivity index (χ3v) is 3.42. The zero-order valence-corrected chi connectivity index (χ0v) is 10.6. The Kier molecular flexibility index (Phi) is 2.29. The number of hydrogen-bond donors (Lipinski definition) is 0. The second-order valence-corrected chi connectivity index (χ2v) is 4.63. The molecule has 0 saturated heterocycles. The molecule has 0 N–H and O–H groups in total. The standard InChI is InChI=1S/C16H11NO3/c18-16-13(9-11-5-1-3-7-14(11)20-16)17-10-19-15-8-4-2-6-12(15)17/h1-9H,10H2. The third kappa shape index (κ3) is 1.58. The molecular formula is C16H11NO3. The van der Waals surface area contributed by atoms with Crippen molar-refractivity contribution in [1.29, 1.82) is 0 Å². The first-order chi connectivity index (χ1) is 9.83. The molecule has 3 aromatic rings. The molecule has 4 rings (SSSR count). The Labute approximate surface area is 114 Å². The van der Waals surface area contributed by atoms with E-state index in [0.717, 1.165) is 16.8 Å². The molecule has 4 heteroatoms. The van der Waals surface area contributed by atoms with Crippen LogP contribution in [0.5, 0.6) is 5.75 Å². The van der Waals surface area contributed by atoms with Crippen LogP contribution in [0.2, 0.25) is 0 Å². The lowest BCUT2D eigenvalue weighted by Gasteiger charge is -2.15. The Morgan fingerprint density at radius 3 is 2.70 bits per heavy atom. The van der Waals surface area contributed by atoms with E-state index in [1.807, 2.05) is 53.4 Å². The van der Waals surface area contributed by atoms with E-state index in [-0.39, 0.29) is 5.63 Å². The Balaban J connectivity index is 1.91. The van der Waals surface area contributed by atoms with Gasteiger partial charge in [0.2, 0.25) is 0 Å². The molecule has 0 aliphatic carbocycles. The lowest BCUT2D eigenvalue weighted by molar-refractivity contribution is 0.356. The molecule has 0 amide bonds. The van der Waals surface area contributed by atoms with Crippen LogP contribution in [0.25, 0.3) is 11.0 Å². The summed E-state index contributed by atoms with van der Waals surface area (Å²) < 4.78 is 10.9. The number of nitrogens with zero attached hydrogens (tertiary/aromatic N) is 1. The maximum atomic E-state index is 12.2. The molecule has 0 saturated carbocycles. The van der Waals surface area contributed by atoms with Gasteiger partial charge in [-0.2, -0.15) is 0 Å². The molecule has 0 spiro atoms. The van der Waals surface area contributed by atoms with Crippen molar-refractivity contribution >= 4 is 22.3 Å². The summed E-state index contributed by atoms with van der Waals surface area (Å²) in [6.07, 6.45) is 0. The topological polar surface area (TPSA) is 42.7 Å².